The molecular formula is C27H37N5O5. The van der Waals surface area contributed by atoms with E-state index in [-0.39, 0.29) is 36.3 Å². The Bertz CT molecular complexity index is 1120. The fraction of sp³-hybridized carbons (Fsp3) is 0.519. The maximum absolute atomic E-state index is 12.7. The lowest BCUT2D eigenvalue weighted by atomic mass is 9.87. The number of esters is 1. The first-order valence-electron chi connectivity index (χ1n) is 12.6. The summed E-state index contributed by atoms with van der Waals surface area (Å²) in [6.07, 6.45) is 0.251. The molecule has 0 bridgehead atoms. The lowest BCUT2D eigenvalue weighted by molar-refractivity contribution is -0.169. The third-order valence-corrected chi connectivity index (χ3v) is 6.55. The van der Waals surface area contributed by atoms with Crippen LogP contribution in [-0.2, 0) is 33.1 Å². The summed E-state index contributed by atoms with van der Waals surface area (Å²) in [4.78, 5) is 51.5. The van der Waals surface area contributed by atoms with Crippen molar-refractivity contribution < 1.29 is 24.2 Å². The zero-order chi connectivity index (χ0) is 27.2. The van der Waals surface area contributed by atoms with Crippen LogP contribution in [0.3, 0.4) is 0 Å². The van der Waals surface area contributed by atoms with Gasteiger partial charge in [-0.25, -0.2) is 14.7 Å². The number of hydrogen-bond acceptors (Lipinski definition) is 9. The summed E-state index contributed by atoms with van der Waals surface area (Å²) in [6.45, 7) is 8.58. The van der Waals surface area contributed by atoms with Crippen molar-refractivity contribution in [3.8, 4) is 0 Å². The molecule has 1 aliphatic heterocycles. The number of nitrogens with zero attached hydrogens (tertiary/aromatic N) is 5. The van der Waals surface area contributed by atoms with Crippen molar-refractivity contribution in [3.05, 3.63) is 59.2 Å². The van der Waals surface area contributed by atoms with Gasteiger partial charge in [-0.2, -0.15) is 0 Å². The molecule has 10 nitrogen and oxygen atoms in total. The molecule has 200 valence electrons. The topological polar surface area (TPSA) is 116 Å². The number of carbonyl (C=O) groups excluding carboxylic acids is 2. The van der Waals surface area contributed by atoms with Gasteiger partial charge in [-0.05, 0) is 44.9 Å². The molecule has 3 rings (SSSR count). The highest BCUT2D eigenvalue weighted by molar-refractivity contribution is 5.85. The summed E-state index contributed by atoms with van der Waals surface area (Å²) in [7, 11) is 3.70. The molecule has 0 saturated carbocycles. The molecule has 1 N–H and O–H groups in total. The highest BCUT2D eigenvalue weighted by atomic mass is 16.6. The van der Waals surface area contributed by atoms with Crippen molar-refractivity contribution in [3.63, 3.8) is 0 Å². The van der Waals surface area contributed by atoms with Crippen molar-refractivity contribution >= 4 is 17.7 Å². The van der Waals surface area contributed by atoms with Crippen LogP contribution in [0.25, 0.3) is 0 Å². The first-order valence-corrected chi connectivity index (χ1v) is 12.6. The van der Waals surface area contributed by atoms with Crippen LogP contribution in [0.15, 0.2) is 36.4 Å². The van der Waals surface area contributed by atoms with Gasteiger partial charge in [0.1, 0.15) is 23.7 Å². The summed E-state index contributed by atoms with van der Waals surface area (Å²) in [5, 5.41) is 9.25. The van der Waals surface area contributed by atoms with Crippen LogP contribution in [0.2, 0.25) is 0 Å². The van der Waals surface area contributed by atoms with Gasteiger partial charge in [0.2, 0.25) is 5.72 Å². The van der Waals surface area contributed by atoms with Crippen LogP contribution in [0, 0.1) is 5.92 Å². The maximum atomic E-state index is 12.7. The van der Waals surface area contributed by atoms with Crippen LogP contribution in [0.4, 0.5) is 0 Å². The Morgan fingerprint density at radius 1 is 1.11 bits per heavy atom. The van der Waals surface area contributed by atoms with E-state index in [1.54, 1.807) is 12.1 Å². The Balaban J connectivity index is 1.88. The van der Waals surface area contributed by atoms with Crippen molar-refractivity contribution in [2.24, 2.45) is 5.92 Å². The molecule has 2 aromatic rings. The summed E-state index contributed by atoms with van der Waals surface area (Å²) in [6, 6.07) is 10.6. The number of rotatable bonds is 13. The molecule has 1 aliphatic rings. The molecule has 0 unspecified atom stereocenters. The monoisotopic (exact) mass is 511 g/mol. The maximum Gasteiger partial charge on any atom is 0.354 e. The van der Waals surface area contributed by atoms with E-state index < -0.39 is 11.7 Å². The van der Waals surface area contributed by atoms with E-state index in [9.17, 15) is 19.5 Å². The van der Waals surface area contributed by atoms with Gasteiger partial charge in [-0.3, -0.25) is 19.5 Å². The molecule has 1 fully saturated rings. The van der Waals surface area contributed by atoms with Crippen molar-refractivity contribution in [2.75, 3.05) is 40.3 Å². The van der Waals surface area contributed by atoms with E-state index in [4.69, 9.17) is 9.72 Å². The minimum absolute atomic E-state index is 0.0103. The number of Topliss-reactive ketones (excluding diaryl/α,β-unsaturated/α-hetero) is 1. The first kappa shape index (κ1) is 28.4. The fourth-order valence-electron chi connectivity index (χ4n) is 4.86. The van der Waals surface area contributed by atoms with Gasteiger partial charge in [-0.15, -0.1) is 0 Å². The summed E-state index contributed by atoms with van der Waals surface area (Å²) in [5.41, 5.74) is 0.919. The molecule has 0 aliphatic carbocycles. The molecule has 37 heavy (non-hydrogen) atoms. The second-order valence-electron chi connectivity index (χ2n) is 9.70. The molecule has 0 radical (unpaired) electrons. The Morgan fingerprint density at radius 3 is 2.35 bits per heavy atom. The van der Waals surface area contributed by atoms with Gasteiger partial charge in [0.15, 0.2) is 0 Å². The molecule has 2 atom stereocenters. The number of carboxylic acids is 1. The number of pyridine rings is 2. The third kappa shape index (κ3) is 6.76. The van der Waals surface area contributed by atoms with Crippen molar-refractivity contribution in [1.29, 1.82) is 0 Å². The largest absolute Gasteiger partial charge is 0.477 e. The van der Waals surface area contributed by atoms with Crippen LogP contribution < -0.4 is 0 Å². The SMILES string of the molecule is CCN(Cc1cccc(C(=O)O)n1)Cc1cccc([C@]2([C@@H](C)CC(=O)CN(C)C)OC(=O)CN2CC)n1. The number of carboxylic acid groups (broad SMARTS) is 1. The van der Waals surface area contributed by atoms with Crippen molar-refractivity contribution in [1.82, 2.24) is 24.7 Å². The van der Waals surface area contributed by atoms with E-state index in [0.29, 0.717) is 44.1 Å². The Labute approximate surface area is 218 Å². The number of ether oxygens (including phenoxy) is 1. The predicted molar refractivity (Wildman–Crippen MR) is 138 cm³/mol. The number of aromatic carboxylic acids is 1. The zero-order valence-corrected chi connectivity index (χ0v) is 22.3. The number of cyclic esters (lactones) is 1. The van der Waals surface area contributed by atoms with Gasteiger partial charge in [0.25, 0.3) is 0 Å². The Kier molecular flexibility index (Phi) is 9.47. The third-order valence-electron chi connectivity index (χ3n) is 6.55. The smallest absolute Gasteiger partial charge is 0.354 e. The van der Waals surface area contributed by atoms with Crippen molar-refractivity contribution in [2.45, 2.75) is 46.0 Å². The van der Waals surface area contributed by atoms with Gasteiger partial charge in [0.05, 0.1) is 17.9 Å². The standard InChI is InChI=1S/C27H37N5O5/c1-6-31(15-20-10-8-12-23(28-20)26(35)36)16-21-11-9-13-24(29-21)27(32(7-2)18-25(34)37-27)19(3)14-22(33)17-30(4)5/h8-13,19H,6-7,14-18H2,1-5H3,(H,35,36)/t19-,27-/m0/s1. The normalized spacial score (nSPS) is 18.8. The molecule has 0 aromatic carbocycles. The highest BCUT2D eigenvalue weighted by Gasteiger charge is 2.53. The van der Waals surface area contributed by atoms with E-state index in [2.05, 4.69) is 9.88 Å². The number of carbonyl (C=O) groups is 3. The van der Waals surface area contributed by atoms with E-state index in [1.807, 2.05) is 62.9 Å². The van der Waals surface area contributed by atoms with Gasteiger partial charge in [0, 0.05) is 32.0 Å². The summed E-state index contributed by atoms with van der Waals surface area (Å²) >= 11 is 0. The molecule has 3 heterocycles. The number of likely N-dealkylation sites (N-methyl/N-ethyl adjacent to an activating group) is 2. The zero-order valence-electron chi connectivity index (χ0n) is 22.3. The van der Waals surface area contributed by atoms with Gasteiger partial charge < -0.3 is 14.7 Å². The fourth-order valence-corrected chi connectivity index (χ4v) is 4.86. The minimum Gasteiger partial charge on any atom is -0.477 e. The molecule has 1 saturated heterocycles. The van der Waals surface area contributed by atoms with E-state index in [0.717, 1.165) is 5.69 Å². The highest BCUT2D eigenvalue weighted by Crippen LogP contribution is 2.42. The number of ketones is 1. The second-order valence-corrected chi connectivity index (χ2v) is 9.70. The molecular weight excluding hydrogens is 474 g/mol. The van der Waals surface area contributed by atoms with Crippen LogP contribution >= 0.6 is 0 Å². The number of hydrogen-bond donors (Lipinski definition) is 1. The quantitative estimate of drug-likeness (QED) is 0.402. The van der Waals surface area contributed by atoms with Crippen LogP contribution in [-0.4, -0.2) is 87.8 Å². The van der Waals surface area contributed by atoms with Crippen LogP contribution in [0.1, 0.15) is 54.8 Å². The molecule has 0 spiro atoms. The van der Waals surface area contributed by atoms with Gasteiger partial charge in [-0.1, -0.05) is 32.9 Å². The summed E-state index contributed by atoms with van der Waals surface area (Å²) in [5.74, 6) is -1.63. The Morgan fingerprint density at radius 2 is 1.76 bits per heavy atom. The molecule has 2 aromatic heterocycles. The lowest BCUT2D eigenvalue weighted by Crippen LogP contribution is -2.49. The molecule has 0 amide bonds. The van der Waals surface area contributed by atoms with E-state index in [1.165, 1.54) is 6.07 Å². The first-order chi connectivity index (χ1) is 17.6. The average Bonchev–Trinajstić information content (AvgIpc) is 3.20. The van der Waals surface area contributed by atoms with Crippen LogP contribution in [0.5, 0.6) is 0 Å². The van der Waals surface area contributed by atoms with Gasteiger partial charge >= 0.3 is 11.9 Å². The minimum atomic E-state index is -1.13. The van der Waals surface area contributed by atoms with E-state index >= 15 is 0 Å². The number of aromatic nitrogens is 2. The summed E-state index contributed by atoms with van der Waals surface area (Å²) < 4.78 is 6.00. The molecule has 10 heteroatoms. The predicted octanol–water partition coefficient (Wildman–Crippen LogP) is 2.39. The second kappa shape index (κ2) is 12.4. The average molecular weight is 512 g/mol. The lowest BCUT2D eigenvalue weighted by Gasteiger charge is -2.39. The Hall–Kier alpha value is -3.21.